The average molecular weight is 509 g/mol. The van der Waals surface area contributed by atoms with Crippen LogP contribution >= 0.6 is 0 Å². The van der Waals surface area contributed by atoms with E-state index in [4.69, 9.17) is 4.74 Å². The number of benzene rings is 2. The van der Waals surface area contributed by atoms with Crippen LogP contribution in [0.3, 0.4) is 0 Å². The van der Waals surface area contributed by atoms with Gasteiger partial charge in [0.05, 0.1) is 12.0 Å². The van der Waals surface area contributed by atoms with Crippen molar-refractivity contribution in [3.05, 3.63) is 77.9 Å². The maximum Gasteiger partial charge on any atom is 0.387 e. The van der Waals surface area contributed by atoms with E-state index in [9.17, 15) is 21.8 Å². The maximum atomic E-state index is 14.9. The number of aliphatic imine (C=N–C) groups is 1. The number of anilines is 1. The first kappa shape index (κ1) is 25.7. The van der Waals surface area contributed by atoms with E-state index < -0.39 is 35.0 Å². The number of allylic oxidation sites excluding steroid dienone is 2. The number of nitrogens with zero attached hydrogens (tertiary/aromatic N) is 2. The lowest BCUT2D eigenvalue weighted by Crippen LogP contribution is -2.05. The number of hydrogen-bond donors (Lipinski definition) is 1. The van der Waals surface area contributed by atoms with Gasteiger partial charge in [0.1, 0.15) is 23.5 Å². The molecule has 2 aromatic carbocycles. The third-order valence-electron chi connectivity index (χ3n) is 4.41. The van der Waals surface area contributed by atoms with Gasteiger partial charge in [-0.05, 0) is 42.8 Å². The molecule has 0 radical (unpaired) electrons. The van der Waals surface area contributed by atoms with Gasteiger partial charge in [0.25, 0.3) is 0 Å². The molecular weight excluding hydrogens is 490 g/mol. The molecule has 7 nitrogen and oxygen atoms in total. The van der Waals surface area contributed by atoms with Crippen molar-refractivity contribution in [3.8, 4) is 22.6 Å². The highest BCUT2D eigenvalue weighted by molar-refractivity contribution is 7.90. The molecule has 0 saturated carbocycles. The second-order valence-corrected chi connectivity index (χ2v) is 8.10. The number of alkyl halides is 2. The molecule has 0 aliphatic rings. The van der Waals surface area contributed by atoms with E-state index in [0.717, 1.165) is 18.2 Å². The Labute approximate surface area is 200 Å². The molecule has 0 aliphatic heterocycles. The normalized spacial score (nSPS) is 12.7. The van der Waals surface area contributed by atoms with Gasteiger partial charge < -0.3 is 14.0 Å². The molecule has 12 heteroatoms. The van der Waals surface area contributed by atoms with Gasteiger partial charge in [0, 0.05) is 23.4 Å². The minimum Gasteiger partial charge on any atom is -0.494 e. The summed E-state index contributed by atoms with van der Waals surface area (Å²) in [5, 5.41) is 3.59. The van der Waals surface area contributed by atoms with Crippen molar-refractivity contribution >= 4 is 28.2 Å². The standard InChI is InChI=1S/C23H19F4N3O4S/c1-13(4-5-14(2)35(31)30-22-8-9-33-29-22)28-19-12-18(25)16(11-21(19)32-3)15-6-7-17(24)20(10-15)34-23(26)27/h4-12,23H,2H2,1,3H3,(H,29,30)/b5-4-,28-13?. The van der Waals surface area contributed by atoms with Crippen LogP contribution in [0.4, 0.5) is 29.1 Å². The van der Waals surface area contributed by atoms with Crippen LogP contribution in [0, 0.1) is 11.6 Å². The Bertz CT molecular complexity index is 1290. The van der Waals surface area contributed by atoms with Gasteiger partial charge in [-0.1, -0.05) is 17.8 Å². The van der Waals surface area contributed by atoms with Gasteiger partial charge in [0.2, 0.25) is 0 Å². The molecule has 3 aromatic rings. The highest BCUT2D eigenvalue weighted by Gasteiger charge is 2.16. The number of nitrogens with one attached hydrogen (secondary N) is 1. The molecule has 0 aliphatic carbocycles. The molecule has 1 unspecified atom stereocenters. The van der Waals surface area contributed by atoms with Crippen LogP contribution in [0.15, 0.2) is 75.8 Å². The summed E-state index contributed by atoms with van der Waals surface area (Å²) < 4.78 is 82.5. The fourth-order valence-corrected chi connectivity index (χ4v) is 3.42. The summed E-state index contributed by atoms with van der Waals surface area (Å²) in [5.74, 6) is -2.03. The average Bonchev–Trinajstić information content (AvgIpc) is 3.32. The van der Waals surface area contributed by atoms with Crippen LogP contribution in [-0.4, -0.2) is 28.8 Å². The molecule has 1 N–H and O–H groups in total. The van der Waals surface area contributed by atoms with Gasteiger partial charge in [-0.15, -0.1) is 0 Å². The third kappa shape index (κ3) is 6.79. The first-order valence-corrected chi connectivity index (χ1v) is 11.0. The quantitative estimate of drug-likeness (QED) is 0.201. The summed E-state index contributed by atoms with van der Waals surface area (Å²) in [6, 6.07) is 6.97. The van der Waals surface area contributed by atoms with E-state index in [1.807, 2.05) is 0 Å². The van der Waals surface area contributed by atoms with Crippen molar-refractivity contribution in [2.75, 3.05) is 11.8 Å². The molecule has 184 valence electrons. The Balaban J connectivity index is 1.83. The van der Waals surface area contributed by atoms with E-state index in [1.54, 1.807) is 6.92 Å². The van der Waals surface area contributed by atoms with Gasteiger partial charge in [0.15, 0.2) is 28.4 Å². The molecule has 35 heavy (non-hydrogen) atoms. The highest BCUT2D eigenvalue weighted by atomic mass is 32.2. The summed E-state index contributed by atoms with van der Waals surface area (Å²) in [5.41, 5.74) is 0.609. The first-order valence-electron chi connectivity index (χ1n) is 9.81. The van der Waals surface area contributed by atoms with Gasteiger partial charge in [-0.2, -0.15) is 8.78 Å². The summed E-state index contributed by atoms with van der Waals surface area (Å²) in [7, 11) is -0.331. The molecule has 0 spiro atoms. The lowest BCUT2D eigenvalue weighted by Gasteiger charge is -2.12. The second kappa shape index (κ2) is 11.5. The lowest BCUT2D eigenvalue weighted by atomic mass is 10.0. The Morgan fingerprint density at radius 1 is 1.17 bits per heavy atom. The van der Waals surface area contributed by atoms with Crippen molar-refractivity contribution in [1.29, 1.82) is 0 Å². The van der Waals surface area contributed by atoms with Crippen molar-refractivity contribution in [1.82, 2.24) is 5.16 Å². The SMILES string of the molecule is C=C(/C=C\C(C)=Nc1cc(F)c(-c2ccc(F)c(OC(F)F)c2)cc1OC)S(=O)Nc1ccon1. The molecule has 0 fully saturated rings. The summed E-state index contributed by atoms with van der Waals surface area (Å²) >= 11 is 0. The van der Waals surface area contributed by atoms with E-state index >= 15 is 0 Å². The first-order chi connectivity index (χ1) is 16.7. The number of methoxy groups -OCH3 is 1. The van der Waals surface area contributed by atoms with Crippen LogP contribution < -0.4 is 14.2 Å². The summed E-state index contributed by atoms with van der Waals surface area (Å²) in [4.78, 5) is 4.51. The zero-order chi connectivity index (χ0) is 25.5. The number of aromatic nitrogens is 1. The second-order valence-electron chi connectivity index (χ2n) is 6.84. The van der Waals surface area contributed by atoms with Crippen molar-refractivity contribution in [3.63, 3.8) is 0 Å². The molecule has 1 atom stereocenters. The highest BCUT2D eigenvalue weighted by Crippen LogP contribution is 2.37. The van der Waals surface area contributed by atoms with Crippen LogP contribution in [0.25, 0.3) is 11.1 Å². The van der Waals surface area contributed by atoms with Crippen molar-refractivity contribution in [2.24, 2.45) is 4.99 Å². The fraction of sp³-hybridized carbons (Fsp3) is 0.130. The van der Waals surface area contributed by atoms with Crippen LogP contribution in [0.2, 0.25) is 0 Å². The molecule has 1 heterocycles. The van der Waals surface area contributed by atoms with E-state index in [1.165, 1.54) is 43.7 Å². The third-order valence-corrected chi connectivity index (χ3v) is 5.41. The summed E-state index contributed by atoms with van der Waals surface area (Å²) in [6.45, 7) is 2.09. The largest absolute Gasteiger partial charge is 0.494 e. The fourth-order valence-electron chi connectivity index (χ4n) is 2.80. The van der Waals surface area contributed by atoms with Crippen molar-refractivity contribution in [2.45, 2.75) is 13.5 Å². The van der Waals surface area contributed by atoms with Crippen molar-refractivity contribution < 1.29 is 35.8 Å². The Morgan fingerprint density at radius 3 is 2.60 bits per heavy atom. The van der Waals surface area contributed by atoms with Crippen LogP contribution in [0.5, 0.6) is 11.5 Å². The molecule has 1 aromatic heterocycles. The Kier molecular flexibility index (Phi) is 8.42. The number of hydrogen-bond acceptors (Lipinski definition) is 6. The molecule has 0 saturated heterocycles. The van der Waals surface area contributed by atoms with E-state index in [2.05, 4.69) is 30.7 Å². The number of halogens is 4. The summed E-state index contributed by atoms with van der Waals surface area (Å²) in [6.07, 6.45) is 4.30. The minimum atomic E-state index is -3.24. The molecule has 3 rings (SSSR count). The van der Waals surface area contributed by atoms with Crippen LogP contribution in [-0.2, 0) is 11.0 Å². The minimum absolute atomic E-state index is 0.0317. The number of ether oxygens (including phenoxy) is 2. The number of rotatable bonds is 10. The monoisotopic (exact) mass is 509 g/mol. The Morgan fingerprint density at radius 2 is 1.94 bits per heavy atom. The van der Waals surface area contributed by atoms with E-state index in [0.29, 0.717) is 5.71 Å². The van der Waals surface area contributed by atoms with Gasteiger partial charge in [-0.3, -0.25) is 4.72 Å². The Hall–Kier alpha value is -3.93. The van der Waals surface area contributed by atoms with E-state index in [-0.39, 0.29) is 33.3 Å². The molecular formula is C23H19F4N3O4S. The smallest absolute Gasteiger partial charge is 0.387 e. The lowest BCUT2D eigenvalue weighted by molar-refractivity contribution is -0.0521. The molecule has 0 bridgehead atoms. The van der Waals surface area contributed by atoms with Crippen LogP contribution in [0.1, 0.15) is 6.92 Å². The zero-order valence-corrected chi connectivity index (χ0v) is 19.2. The zero-order valence-electron chi connectivity index (χ0n) is 18.4. The maximum absolute atomic E-state index is 14.9. The van der Waals surface area contributed by atoms with Gasteiger partial charge >= 0.3 is 6.61 Å². The predicted molar refractivity (Wildman–Crippen MR) is 124 cm³/mol. The van der Waals surface area contributed by atoms with Gasteiger partial charge in [-0.25, -0.2) is 18.0 Å². The molecule has 0 amide bonds. The predicted octanol–water partition coefficient (Wildman–Crippen LogP) is 6.17. The topological polar surface area (TPSA) is 86.0 Å².